The quantitative estimate of drug-likeness (QED) is 0.774. The van der Waals surface area contributed by atoms with Crippen LogP contribution in [0.1, 0.15) is 49.6 Å². The summed E-state index contributed by atoms with van der Waals surface area (Å²) >= 11 is 0. The summed E-state index contributed by atoms with van der Waals surface area (Å²) in [6.45, 7) is 10.3. The van der Waals surface area contributed by atoms with Gasteiger partial charge in [-0.15, -0.1) is 0 Å². The van der Waals surface area contributed by atoms with E-state index in [9.17, 15) is 0 Å². The van der Waals surface area contributed by atoms with E-state index < -0.39 is 0 Å². The Hall–Kier alpha value is -0.830. The van der Waals surface area contributed by atoms with E-state index >= 15 is 0 Å². The third kappa shape index (κ3) is 2.81. The lowest BCUT2D eigenvalue weighted by Gasteiger charge is -2.20. The number of rotatable bonds is 1. The first kappa shape index (κ1) is 12.2. The van der Waals surface area contributed by atoms with Crippen LogP contribution in [-0.4, -0.2) is 18.2 Å². The highest BCUT2D eigenvalue weighted by molar-refractivity contribution is 5.23. The van der Waals surface area contributed by atoms with Crippen LogP contribution in [0.2, 0.25) is 0 Å². The van der Waals surface area contributed by atoms with Crippen LogP contribution in [0.25, 0.3) is 0 Å². The van der Waals surface area contributed by atoms with E-state index in [4.69, 9.17) is 4.52 Å². The third-order valence-electron chi connectivity index (χ3n) is 2.92. The van der Waals surface area contributed by atoms with Gasteiger partial charge in [0, 0.05) is 11.5 Å². The minimum Gasteiger partial charge on any atom is -0.361 e. The molecule has 0 bridgehead atoms. The van der Waals surface area contributed by atoms with Gasteiger partial charge in [-0.1, -0.05) is 19.0 Å². The van der Waals surface area contributed by atoms with Crippen molar-refractivity contribution in [2.45, 2.75) is 46.5 Å². The number of aryl methyl sites for hydroxylation is 1. The van der Waals surface area contributed by atoms with Crippen LogP contribution in [0.4, 0.5) is 0 Å². The maximum Gasteiger partial charge on any atom is 0.136 e. The molecule has 2 heterocycles. The van der Waals surface area contributed by atoms with Gasteiger partial charge in [0.25, 0.3) is 0 Å². The van der Waals surface area contributed by atoms with Gasteiger partial charge >= 0.3 is 0 Å². The van der Waals surface area contributed by atoms with Gasteiger partial charge in [0.05, 0.1) is 5.69 Å². The summed E-state index contributed by atoms with van der Waals surface area (Å²) in [4.78, 5) is 0. The van der Waals surface area contributed by atoms with Crippen molar-refractivity contribution < 1.29 is 4.52 Å². The fourth-order valence-electron chi connectivity index (χ4n) is 1.91. The summed E-state index contributed by atoms with van der Waals surface area (Å²) < 4.78 is 5.18. The molecule has 1 N–H and O–H groups in total. The Labute approximate surface area is 92.2 Å². The molecular weight excluding hydrogens is 188 g/mol. The van der Waals surface area contributed by atoms with E-state index in [1.54, 1.807) is 0 Å². The highest BCUT2D eigenvalue weighted by atomic mass is 16.5. The highest BCUT2D eigenvalue weighted by Gasteiger charge is 2.21. The van der Waals surface area contributed by atoms with Crippen LogP contribution in [-0.2, 0) is 0 Å². The minimum atomic E-state index is 0.610. The summed E-state index contributed by atoms with van der Waals surface area (Å²) in [5, 5.41) is 7.49. The molecule has 86 valence electrons. The van der Waals surface area contributed by atoms with E-state index in [-0.39, 0.29) is 0 Å². The van der Waals surface area contributed by atoms with Crippen LogP contribution in [0, 0.1) is 13.8 Å². The van der Waals surface area contributed by atoms with E-state index in [0.29, 0.717) is 5.92 Å². The van der Waals surface area contributed by atoms with Crippen LogP contribution in [0.3, 0.4) is 0 Å². The summed E-state index contributed by atoms with van der Waals surface area (Å²) in [5.41, 5.74) is 2.42. The first-order valence-corrected chi connectivity index (χ1v) is 5.92. The van der Waals surface area contributed by atoms with E-state index in [2.05, 4.69) is 17.4 Å². The molecule has 1 aromatic heterocycles. The number of hydrogen-bond acceptors (Lipinski definition) is 3. The zero-order chi connectivity index (χ0) is 11.3. The van der Waals surface area contributed by atoms with E-state index in [1.165, 1.54) is 24.1 Å². The lowest BCUT2D eigenvalue weighted by Crippen LogP contribution is -2.27. The molecule has 0 amide bonds. The summed E-state index contributed by atoms with van der Waals surface area (Å²) in [5.74, 6) is 1.58. The molecule has 0 atom stereocenters. The van der Waals surface area contributed by atoms with E-state index in [0.717, 1.165) is 18.8 Å². The SMILES string of the molecule is CC.Cc1onc(C2CCNCC2)c1C. The standard InChI is InChI=1S/C10H16N2O.C2H6/c1-7-8(2)13-12-10(7)9-3-5-11-6-4-9;1-2/h9,11H,3-6H2,1-2H3;1-2H3. The van der Waals surface area contributed by atoms with Crippen molar-refractivity contribution >= 4 is 0 Å². The predicted molar refractivity (Wildman–Crippen MR) is 62.2 cm³/mol. The second kappa shape index (κ2) is 5.91. The number of piperidine rings is 1. The van der Waals surface area contributed by atoms with Gasteiger partial charge in [0.1, 0.15) is 5.76 Å². The largest absolute Gasteiger partial charge is 0.361 e. The van der Waals surface area contributed by atoms with Gasteiger partial charge in [-0.2, -0.15) is 0 Å². The summed E-state index contributed by atoms with van der Waals surface area (Å²) in [7, 11) is 0. The van der Waals surface area contributed by atoms with Crippen molar-refractivity contribution in [1.29, 1.82) is 0 Å². The first-order chi connectivity index (χ1) is 7.29. The molecule has 1 aromatic rings. The zero-order valence-electron chi connectivity index (χ0n) is 10.3. The predicted octanol–water partition coefficient (Wildman–Crippen LogP) is 2.78. The fourth-order valence-corrected chi connectivity index (χ4v) is 1.91. The molecular formula is C12H22N2O. The van der Waals surface area contributed by atoms with Gasteiger partial charge in [0.15, 0.2) is 0 Å². The van der Waals surface area contributed by atoms with Crippen LogP contribution < -0.4 is 5.32 Å². The second-order valence-corrected chi connectivity index (χ2v) is 3.77. The highest BCUT2D eigenvalue weighted by Crippen LogP contribution is 2.27. The molecule has 0 saturated carbocycles. The fraction of sp³-hybridized carbons (Fsp3) is 0.750. The Kier molecular flexibility index (Phi) is 4.82. The Morgan fingerprint density at radius 2 is 1.80 bits per heavy atom. The molecule has 1 aliphatic heterocycles. The first-order valence-electron chi connectivity index (χ1n) is 5.92. The summed E-state index contributed by atoms with van der Waals surface area (Å²) in [6.07, 6.45) is 2.37. The maximum atomic E-state index is 5.18. The second-order valence-electron chi connectivity index (χ2n) is 3.77. The monoisotopic (exact) mass is 210 g/mol. The minimum absolute atomic E-state index is 0.610. The van der Waals surface area contributed by atoms with E-state index in [1.807, 2.05) is 20.8 Å². The van der Waals surface area contributed by atoms with Crippen LogP contribution >= 0.6 is 0 Å². The molecule has 0 unspecified atom stereocenters. The third-order valence-corrected chi connectivity index (χ3v) is 2.92. The topological polar surface area (TPSA) is 38.1 Å². The van der Waals surface area contributed by atoms with Crippen molar-refractivity contribution in [2.75, 3.05) is 13.1 Å². The zero-order valence-corrected chi connectivity index (χ0v) is 10.3. The molecule has 2 rings (SSSR count). The van der Waals surface area contributed by atoms with Crippen molar-refractivity contribution in [1.82, 2.24) is 10.5 Å². The van der Waals surface area contributed by atoms with Crippen molar-refractivity contribution in [2.24, 2.45) is 0 Å². The van der Waals surface area contributed by atoms with Crippen LogP contribution in [0.5, 0.6) is 0 Å². The smallest absolute Gasteiger partial charge is 0.136 e. The van der Waals surface area contributed by atoms with Crippen molar-refractivity contribution in [3.8, 4) is 0 Å². The normalized spacial score (nSPS) is 17.1. The van der Waals surface area contributed by atoms with Crippen LogP contribution in [0.15, 0.2) is 4.52 Å². The maximum absolute atomic E-state index is 5.18. The number of nitrogens with zero attached hydrogens (tertiary/aromatic N) is 1. The van der Waals surface area contributed by atoms with Crippen molar-refractivity contribution in [3.63, 3.8) is 0 Å². The van der Waals surface area contributed by atoms with Gasteiger partial charge in [-0.3, -0.25) is 0 Å². The Morgan fingerprint density at radius 3 is 2.27 bits per heavy atom. The van der Waals surface area contributed by atoms with Gasteiger partial charge < -0.3 is 9.84 Å². The molecule has 0 radical (unpaired) electrons. The lowest BCUT2D eigenvalue weighted by molar-refractivity contribution is 0.371. The number of hydrogen-bond donors (Lipinski definition) is 1. The molecule has 15 heavy (non-hydrogen) atoms. The Morgan fingerprint density at radius 1 is 1.20 bits per heavy atom. The average Bonchev–Trinajstić information content (AvgIpc) is 2.64. The van der Waals surface area contributed by atoms with Gasteiger partial charge in [0.2, 0.25) is 0 Å². The Balaban J connectivity index is 0.000000531. The molecule has 3 heteroatoms. The molecule has 3 nitrogen and oxygen atoms in total. The molecule has 1 fully saturated rings. The molecule has 1 aliphatic rings. The number of nitrogens with one attached hydrogen (secondary N) is 1. The summed E-state index contributed by atoms with van der Waals surface area (Å²) in [6, 6.07) is 0. The molecule has 1 saturated heterocycles. The van der Waals surface area contributed by atoms with Crippen molar-refractivity contribution in [3.05, 3.63) is 17.0 Å². The molecule has 0 aromatic carbocycles. The lowest BCUT2D eigenvalue weighted by atomic mass is 9.92. The molecule has 0 spiro atoms. The Bertz CT molecular complexity index is 288. The van der Waals surface area contributed by atoms with Gasteiger partial charge in [-0.25, -0.2) is 0 Å². The van der Waals surface area contributed by atoms with Gasteiger partial charge in [-0.05, 0) is 39.8 Å². The molecule has 0 aliphatic carbocycles. The number of aromatic nitrogens is 1. The average molecular weight is 210 g/mol.